The summed E-state index contributed by atoms with van der Waals surface area (Å²) in [6.07, 6.45) is 1.45. The lowest BCUT2D eigenvalue weighted by Gasteiger charge is -2.06. The summed E-state index contributed by atoms with van der Waals surface area (Å²) in [5, 5.41) is 17.6. The third-order valence-corrected chi connectivity index (χ3v) is 1.45. The maximum atomic E-state index is 10.3. The van der Waals surface area contributed by atoms with E-state index in [-0.39, 0.29) is 12.1 Å². The number of rotatable bonds is 5. The molecule has 4 nitrogen and oxygen atoms in total. The molecule has 0 aliphatic carbocycles. The summed E-state index contributed by atoms with van der Waals surface area (Å²) in [5.41, 5.74) is 0.188. The minimum Gasteiger partial charge on any atom is -0.303 e. The van der Waals surface area contributed by atoms with Crippen LogP contribution in [0.25, 0.3) is 0 Å². The third kappa shape index (κ3) is 3.11. The molecule has 0 aliphatic heterocycles. The first-order valence-electron chi connectivity index (χ1n) is 3.63. The summed E-state index contributed by atoms with van der Waals surface area (Å²) >= 11 is 0. The number of nitro groups is 1. The fraction of sp³-hybridized carbons (Fsp3) is 0.714. The molecule has 0 fully saturated rings. The average Bonchev–Trinajstić information content (AvgIpc) is 1.88. The van der Waals surface area contributed by atoms with Crippen LogP contribution in [0.3, 0.4) is 0 Å². The summed E-state index contributed by atoms with van der Waals surface area (Å²) in [6, 6.07) is -0.866. The van der Waals surface area contributed by atoms with E-state index in [1.165, 1.54) is 0 Å². The number of nitrogens with zero attached hydrogens (tertiary/aromatic N) is 1. The maximum Gasteiger partial charge on any atom is 0.250 e. The van der Waals surface area contributed by atoms with E-state index < -0.39 is 11.0 Å². The van der Waals surface area contributed by atoms with Gasteiger partial charge in [0.2, 0.25) is 6.04 Å². The maximum absolute atomic E-state index is 10.3. The zero-order valence-corrected chi connectivity index (χ0v) is 6.67. The highest BCUT2D eigenvalue weighted by Crippen LogP contribution is 2.03. The molecule has 0 saturated carbocycles. The summed E-state index contributed by atoms with van der Waals surface area (Å²) in [4.78, 5) is 9.83. The molecule has 1 unspecified atom stereocenters. The van der Waals surface area contributed by atoms with E-state index in [0.717, 1.165) is 6.42 Å². The molecular weight excluding hydrogens is 144 g/mol. The van der Waals surface area contributed by atoms with E-state index in [0.29, 0.717) is 6.42 Å². The lowest BCUT2D eigenvalue weighted by Crippen LogP contribution is -2.27. The highest BCUT2D eigenvalue weighted by molar-refractivity contribution is 5.85. The van der Waals surface area contributed by atoms with Gasteiger partial charge in [0.25, 0.3) is 0 Å². The van der Waals surface area contributed by atoms with Gasteiger partial charge in [0, 0.05) is 11.3 Å². The molecule has 0 bridgehead atoms. The fourth-order valence-corrected chi connectivity index (χ4v) is 0.843. The van der Waals surface area contributed by atoms with Crippen molar-refractivity contribution in [3.8, 4) is 0 Å². The molecule has 0 saturated heterocycles. The Bertz CT molecular complexity index is 157. The lowest BCUT2D eigenvalue weighted by molar-refractivity contribution is -0.502. The molecule has 11 heavy (non-hydrogen) atoms. The van der Waals surface area contributed by atoms with Gasteiger partial charge in [-0.05, 0) is 13.3 Å². The van der Waals surface area contributed by atoms with E-state index in [4.69, 9.17) is 5.41 Å². The van der Waals surface area contributed by atoms with Crippen LogP contribution in [-0.2, 0) is 0 Å². The molecule has 0 aromatic rings. The zero-order valence-electron chi connectivity index (χ0n) is 6.67. The molecule has 4 heteroatoms. The van der Waals surface area contributed by atoms with Crippen LogP contribution >= 0.6 is 0 Å². The van der Waals surface area contributed by atoms with Gasteiger partial charge in [0.15, 0.2) is 0 Å². The van der Waals surface area contributed by atoms with E-state index in [9.17, 15) is 10.1 Å². The van der Waals surface area contributed by atoms with Crippen molar-refractivity contribution in [2.45, 2.75) is 32.2 Å². The van der Waals surface area contributed by atoms with Crippen LogP contribution in [0.15, 0.2) is 0 Å². The van der Waals surface area contributed by atoms with Gasteiger partial charge < -0.3 is 5.41 Å². The highest BCUT2D eigenvalue weighted by Gasteiger charge is 2.21. The van der Waals surface area contributed by atoms with Crippen molar-refractivity contribution in [3.63, 3.8) is 0 Å². The smallest absolute Gasteiger partial charge is 0.250 e. The van der Waals surface area contributed by atoms with Gasteiger partial charge in [-0.25, -0.2) is 0 Å². The largest absolute Gasteiger partial charge is 0.303 e. The minimum absolute atomic E-state index is 0.172. The Labute approximate surface area is 66.3 Å². The number of nitrogens with one attached hydrogen (secondary N) is 1. The van der Waals surface area contributed by atoms with Crippen molar-refractivity contribution in [3.05, 3.63) is 17.0 Å². The normalized spacial score (nSPS) is 12.5. The van der Waals surface area contributed by atoms with Crippen LogP contribution in [0.1, 0.15) is 26.2 Å². The van der Waals surface area contributed by atoms with Crippen molar-refractivity contribution in [1.29, 1.82) is 5.41 Å². The van der Waals surface area contributed by atoms with Crippen LogP contribution < -0.4 is 0 Å². The predicted molar refractivity (Wildman–Crippen MR) is 43.4 cm³/mol. The van der Waals surface area contributed by atoms with Crippen LogP contribution in [0.5, 0.6) is 0 Å². The minimum atomic E-state index is -0.866. The molecule has 0 aromatic heterocycles. The second kappa shape index (κ2) is 4.82. The molecule has 0 rings (SSSR count). The summed E-state index contributed by atoms with van der Waals surface area (Å²) < 4.78 is 0. The Morgan fingerprint density at radius 1 is 1.82 bits per heavy atom. The average molecular weight is 157 g/mol. The van der Waals surface area contributed by atoms with Crippen molar-refractivity contribution in [2.75, 3.05) is 0 Å². The highest BCUT2D eigenvalue weighted by atomic mass is 16.6. The Kier molecular flexibility index (Phi) is 4.41. The second-order valence-electron chi connectivity index (χ2n) is 2.37. The van der Waals surface area contributed by atoms with Gasteiger partial charge in [-0.3, -0.25) is 10.1 Å². The Morgan fingerprint density at radius 3 is 2.64 bits per heavy atom. The lowest BCUT2D eigenvalue weighted by atomic mass is 10.1. The van der Waals surface area contributed by atoms with Gasteiger partial charge in [0.05, 0.1) is 5.71 Å². The van der Waals surface area contributed by atoms with Crippen molar-refractivity contribution in [2.24, 2.45) is 0 Å². The Hall–Kier alpha value is -0.930. The van der Waals surface area contributed by atoms with Crippen LogP contribution in [0.2, 0.25) is 0 Å². The Balaban J connectivity index is 4.03. The van der Waals surface area contributed by atoms with Crippen LogP contribution in [0, 0.1) is 22.4 Å². The number of hydrogen-bond acceptors (Lipinski definition) is 3. The SMILES string of the molecule is [CH2]CC(C(=N)CCC)[N+](=O)[O-]. The van der Waals surface area contributed by atoms with E-state index >= 15 is 0 Å². The Morgan fingerprint density at radius 2 is 2.36 bits per heavy atom. The van der Waals surface area contributed by atoms with Crippen molar-refractivity contribution >= 4 is 5.71 Å². The first-order chi connectivity index (χ1) is 5.13. The number of hydrogen-bond donors (Lipinski definition) is 1. The summed E-state index contributed by atoms with van der Waals surface area (Å²) in [7, 11) is 0. The molecular formula is C7H13N2O2. The van der Waals surface area contributed by atoms with Crippen molar-refractivity contribution in [1.82, 2.24) is 0 Å². The molecule has 1 radical (unpaired) electrons. The molecule has 1 N–H and O–H groups in total. The molecule has 0 aliphatic rings. The molecule has 63 valence electrons. The molecule has 0 heterocycles. The molecule has 0 amide bonds. The monoisotopic (exact) mass is 157 g/mol. The van der Waals surface area contributed by atoms with E-state index in [2.05, 4.69) is 6.92 Å². The fourth-order valence-electron chi connectivity index (χ4n) is 0.843. The summed E-state index contributed by atoms with van der Waals surface area (Å²) in [5.74, 6) is 0. The quantitative estimate of drug-likeness (QED) is 0.374. The molecule has 0 spiro atoms. The third-order valence-electron chi connectivity index (χ3n) is 1.45. The van der Waals surface area contributed by atoms with E-state index in [1.54, 1.807) is 0 Å². The van der Waals surface area contributed by atoms with Gasteiger partial charge in [-0.1, -0.05) is 13.3 Å². The van der Waals surface area contributed by atoms with Crippen LogP contribution in [0.4, 0.5) is 0 Å². The zero-order chi connectivity index (χ0) is 8.85. The second-order valence-corrected chi connectivity index (χ2v) is 2.37. The first-order valence-corrected chi connectivity index (χ1v) is 3.63. The summed E-state index contributed by atoms with van der Waals surface area (Å²) in [6.45, 7) is 5.33. The van der Waals surface area contributed by atoms with Gasteiger partial charge >= 0.3 is 0 Å². The molecule has 1 atom stereocenters. The van der Waals surface area contributed by atoms with Gasteiger partial charge in [0.1, 0.15) is 0 Å². The predicted octanol–water partition coefficient (Wildman–Crippen LogP) is 1.68. The van der Waals surface area contributed by atoms with E-state index in [1.807, 2.05) is 6.92 Å². The topological polar surface area (TPSA) is 67.0 Å². The van der Waals surface area contributed by atoms with Gasteiger partial charge in [-0.15, -0.1) is 0 Å². The standard InChI is InChI=1S/C7H13N2O2/c1-3-5-6(8)7(4-2)9(10)11/h7-8H,2-5H2,1H3. The molecule has 0 aromatic carbocycles. The van der Waals surface area contributed by atoms with Crippen LogP contribution in [-0.4, -0.2) is 16.7 Å². The van der Waals surface area contributed by atoms with Crippen molar-refractivity contribution < 1.29 is 4.92 Å². The van der Waals surface area contributed by atoms with Gasteiger partial charge in [-0.2, -0.15) is 0 Å². The first kappa shape index (κ1) is 10.1.